The van der Waals surface area contributed by atoms with Crippen LogP contribution in [0.5, 0.6) is 5.75 Å². The van der Waals surface area contributed by atoms with Crippen molar-refractivity contribution >= 4 is 34.5 Å². The first-order chi connectivity index (χ1) is 16.5. The number of nitrogens with one attached hydrogen (secondary N) is 1. The van der Waals surface area contributed by atoms with Crippen molar-refractivity contribution < 1.29 is 18.7 Å². The molecule has 3 heterocycles. The molecule has 0 unspecified atom stereocenters. The molecule has 34 heavy (non-hydrogen) atoms. The van der Waals surface area contributed by atoms with Crippen LogP contribution in [-0.2, 0) is 9.59 Å². The molecule has 0 aliphatic carbocycles. The van der Waals surface area contributed by atoms with E-state index in [1.165, 1.54) is 40.5 Å². The quantitative estimate of drug-likeness (QED) is 0.454. The topological polar surface area (TPSA) is 84.4 Å². The van der Waals surface area contributed by atoms with Crippen molar-refractivity contribution in [2.75, 3.05) is 23.4 Å². The summed E-state index contributed by atoms with van der Waals surface area (Å²) in [6.45, 7) is 1.62. The van der Waals surface area contributed by atoms with Gasteiger partial charge in [0, 0.05) is 22.3 Å². The molecular weight excluding hydrogens is 455 g/mol. The van der Waals surface area contributed by atoms with Crippen molar-refractivity contribution in [1.82, 2.24) is 9.97 Å². The van der Waals surface area contributed by atoms with E-state index in [0.717, 1.165) is 26.8 Å². The van der Waals surface area contributed by atoms with E-state index in [-0.39, 0.29) is 19.1 Å². The maximum atomic E-state index is 13.1. The average Bonchev–Trinajstić information content (AvgIpc) is 3.24. The number of carbonyl (C=O) groups is 2. The number of hydrogen-bond acceptors (Lipinski definition) is 6. The fourth-order valence-electron chi connectivity index (χ4n) is 3.66. The molecule has 4 aromatic rings. The van der Waals surface area contributed by atoms with E-state index >= 15 is 0 Å². The molecule has 2 amide bonds. The molecule has 2 aromatic carbocycles. The summed E-state index contributed by atoms with van der Waals surface area (Å²) in [5.41, 5.74) is 3.31. The van der Waals surface area contributed by atoms with Crippen LogP contribution >= 0.6 is 11.3 Å². The number of rotatable bonds is 5. The summed E-state index contributed by atoms with van der Waals surface area (Å²) >= 11 is 1.54. The lowest BCUT2D eigenvalue weighted by Crippen LogP contribution is -2.43. The van der Waals surface area contributed by atoms with Crippen LogP contribution in [0.2, 0.25) is 0 Å². The van der Waals surface area contributed by atoms with Crippen molar-refractivity contribution in [1.29, 1.82) is 0 Å². The van der Waals surface area contributed by atoms with Gasteiger partial charge in [-0.05, 0) is 61.5 Å². The maximum absolute atomic E-state index is 13.1. The molecular formula is C25H19FN4O3S. The number of benzene rings is 2. The molecule has 0 saturated carbocycles. The van der Waals surface area contributed by atoms with Crippen molar-refractivity contribution in [3.63, 3.8) is 0 Å². The van der Waals surface area contributed by atoms with Gasteiger partial charge in [0.2, 0.25) is 5.91 Å². The van der Waals surface area contributed by atoms with Gasteiger partial charge in [-0.1, -0.05) is 6.07 Å². The first-order valence-corrected chi connectivity index (χ1v) is 11.3. The van der Waals surface area contributed by atoms with E-state index < -0.39 is 11.7 Å². The molecule has 0 atom stereocenters. The van der Waals surface area contributed by atoms with Gasteiger partial charge in [0.1, 0.15) is 23.1 Å². The summed E-state index contributed by atoms with van der Waals surface area (Å²) in [6, 6.07) is 16.6. The van der Waals surface area contributed by atoms with Crippen LogP contribution in [0.25, 0.3) is 22.0 Å². The van der Waals surface area contributed by atoms with Crippen LogP contribution in [0.3, 0.4) is 0 Å². The molecule has 2 aromatic heterocycles. The second kappa shape index (κ2) is 9.03. The minimum Gasteiger partial charge on any atom is -0.482 e. The number of hydrogen-bond donors (Lipinski definition) is 1. The molecule has 9 heteroatoms. The highest BCUT2D eigenvalue weighted by atomic mass is 32.1. The molecule has 0 radical (unpaired) electrons. The number of ether oxygens (including phenoxy) is 1. The first kappa shape index (κ1) is 21.7. The van der Waals surface area contributed by atoms with E-state index in [1.807, 2.05) is 37.3 Å². The fourth-order valence-corrected chi connectivity index (χ4v) is 4.58. The summed E-state index contributed by atoms with van der Waals surface area (Å²) in [7, 11) is 0. The number of nitrogens with zero attached hydrogens (tertiary/aromatic N) is 3. The molecule has 1 aliphatic rings. The standard InChI is InChI=1S/C25H19FN4O3S/c1-15-24(29-25(34-15)19-4-2-3-11-27-19)16-5-10-21-20(12-16)30(23(32)14-33-21)13-22(31)28-18-8-6-17(26)7-9-18/h2-12H,13-14H2,1H3,(H,28,31). The zero-order valence-corrected chi connectivity index (χ0v) is 18.9. The predicted molar refractivity (Wildman–Crippen MR) is 128 cm³/mol. The van der Waals surface area contributed by atoms with E-state index in [0.29, 0.717) is 17.1 Å². The lowest BCUT2D eigenvalue weighted by Gasteiger charge is -2.29. The Morgan fingerprint density at radius 3 is 2.76 bits per heavy atom. The minimum atomic E-state index is -0.402. The van der Waals surface area contributed by atoms with Crippen molar-refractivity contribution in [2.45, 2.75) is 6.92 Å². The van der Waals surface area contributed by atoms with Gasteiger partial charge in [-0.2, -0.15) is 0 Å². The van der Waals surface area contributed by atoms with Gasteiger partial charge in [-0.25, -0.2) is 9.37 Å². The first-order valence-electron chi connectivity index (χ1n) is 10.5. The molecule has 0 fully saturated rings. The molecule has 0 spiro atoms. The van der Waals surface area contributed by atoms with Crippen LogP contribution in [0, 0.1) is 12.7 Å². The smallest absolute Gasteiger partial charge is 0.265 e. The lowest BCUT2D eigenvalue weighted by atomic mass is 10.1. The van der Waals surface area contributed by atoms with E-state index in [1.54, 1.807) is 12.3 Å². The van der Waals surface area contributed by atoms with Crippen LogP contribution in [0.1, 0.15) is 4.88 Å². The van der Waals surface area contributed by atoms with Gasteiger partial charge in [0.15, 0.2) is 6.61 Å². The molecule has 170 valence electrons. The van der Waals surface area contributed by atoms with E-state index in [9.17, 15) is 14.0 Å². The summed E-state index contributed by atoms with van der Waals surface area (Å²) < 4.78 is 18.7. The number of anilines is 2. The predicted octanol–water partition coefficient (Wildman–Crippen LogP) is 4.68. The van der Waals surface area contributed by atoms with Crippen molar-refractivity contribution in [3.8, 4) is 27.7 Å². The van der Waals surface area contributed by atoms with Gasteiger partial charge >= 0.3 is 0 Å². The second-order valence-corrected chi connectivity index (χ2v) is 8.85. The van der Waals surface area contributed by atoms with Crippen LogP contribution in [-0.4, -0.2) is 34.9 Å². The van der Waals surface area contributed by atoms with Crippen LogP contribution in [0.15, 0.2) is 66.9 Å². The third kappa shape index (κ3) is 4.38. The lowest BCUT2D eigenvalue weighted by molar-refractivity contribution is -0.123. The van der Waals surface area contributed by atoms with Gasteiger partial charge < -0.3 is 10.1 Å². The monoisotopic (exact) mass is 474 g/mol. The number of thiazole rings is 1. The SMILES string of the molecule is Cc1sc(-c2ccccn2)nc1-c1ccc2c(c1)N(CC(=O)Nc1ccc(F)cc1)C(=O)CO2. The number of amides is 2. The summed E-state index contributed by atoms with van der Waals surface area (Å²) in [4.78, 5) is 36.8. The highest BCUT2D eigenvalue weighted by Crippen LogP contribution is 2.39. The van der Waals surface area contributed by atoms with Crippen molar-refractivity contribution in [2.24, 2.45) is 0 Å². The Bertz CT molecular complexity index is 1370. The molecule has 7 nitrogen and oxygen atoms in total. The third-order valence-corrected chi connectivity index (χ3v) is 6.28. The highest BCUT2D eigenvalue weighted by Gasteiger charge is 2.28. The Morgan fingerprint density at radius 2 is 2.00 bits per heavy atom. The summed E-state index contributed by atoms with van der Waals surface area (Å²) in [5, 5.41) is 3.49. The Kier molecular flexibility index (Phi) is 5.77. The number of aryl methyl sites for hydroxylation is 1. The zero-order chi connectivity index (χ0) is 23.7. The number of pyridine rings is 1. The second-order valence-electron chi connectivity index (χ2n) is 7.64. The number of halogens is 1. The number of aromatic nitrogens is 2. The van der Waals surface area contributed by atoms with E-state index in [4.69, 9.17) is 9.72 Å². The van der Waals surface area contributed by atoms with Crippen LogP contribution < -0.4 is 15.0 Å². The Hall–Kier alpha value is -4.11. The van der Waals surface area contributed by atoms with Crippen molar-refractivity contribution in [3.05, 3.63) is 77.6 Å². The summed E-state index contributed by atoms with van der Waals surface area (Å²) in [6.07, 6.45) is 1.72. The largest absolute Gasteiger partial charge is 0.482 e. The Balaban J connectivity index is 1.43. The normalized spacial score (nSPS) is 12.8. The van der Waals surface area contributed by atoms with Gasteiger partial charge in [-0.3, -0.25) is 19.5 Å². The summed E-state index contributed by atoms with van der Waals surface area (Å²) in [5.74, 6) is -0.620. The van der Waals surface area contributed by atoms with Gasteiger partial charge in [0.25, 0.3) is 5.91 Å². The van der Waals surface area contributed by atoms with Crippen LogP contribution in [0.4, 0.5) is 15.8 Å². The Morgan fingerprint density at radius 1 is 1.18 bits per heavy atom. The van der Waals surface area contributed by atoms with Gasteiger partial charge in [-0.15, -0.1) is 11.3 Å². The molecule has 1 aliphatic heterocycles. The molecule has 0 bridgehead atoms. The molecule has 1 N–H and O–H groups in total. The average molecular weight is 475 g/mol. The highest BCUT2D eigenvalue weighted by molar-refractivity contribution is 7.15. The molecule has 5 rings (SSSR count). The zero-order valence-electron chi connectivity index (χ0n) is 18.1. The van der Waals surface area contributed by atoms with E-state index in [2.05, 4.69) is 10.3 Å². The Labute approximate surface area is 198 Å². The molecule has 0 saturated heterocycles. The third-order valence-electron chi connectivity index (χ3n) is 5.29. The minimum absolute atomic E-state index is 0.157. The fraction of sp³-hybridized carbons (Fsp3) is 0.120. The maximum Gasteiger partial charge on any atom is 0.265 e. The number of carbonyl (C=O) groups excluding carboxylic acids is 2. The van der Waals surface area contributed by atoms with Gasteiger partial charge in [0.05, 0.1) is 17.1 Å². The number of fused-ring (bicyclic) bond motifs is 1.